The third-order valence-electron chi connectivity index (χ3n) is 3.28. The third kappa shape index (κ3) is 2.11. The second-order valence-electron chi connectivity index (χ2n) is 4.51. The van der Waals surface area contributed by atoms with Crippen molar-refractivity contribution in [1.82, 2.24) is 14.7 Å². The minimum atomic E-state index is -0.803. The Morgan fingerprint density at radius 2 is 1.62 bits per heavy atom. The molecule has 0 radical (unpaired) electrons. The highest BCUT2D eigenvalue weighted by Crippen LogP contribution is 2.18. The van der Waals surface area contributed by atoms with Gasteiger partial charge in [0.05, 0.1) is 5.92 Å². The van der Waals surface area contributed by atoms with Gasteiger partial charge in [-0.05, 0) is 7.05 Å². The molecular formula is C10H17N3O3. The number of carboxylic acid groups (broad SMARTS) is 1. The molecule has 1 N–H and O–H groups in total. The van der Waals surface area contributed by atoms with E-state index in [2.05, 4.69) is 4.90 Å². The maximum absolute atomic E-state index is 11.9. The number of amides is 2. The molecule has 2 amide bonds. The van der Waals surface area contributed by atoms with Crippen molar-refractivity contribution in [2.45, 2.75) is 0 Å². The van der Waals surface area contributed by atoms with Crippen molar-refractivity contribution in [2.75, 3.05) is 46.3 Å². The van der Waals surface area contributed by atoms with Crippen LogP contribution < -0.4 is 0 Å². The number of carboxylic acids is 1. The van der Waals surface area contributed by atoms with Crippen molar-refractivity contribution in [3.63, 3.8) is 0 Å². The lowest BCUT2D eigenvalue weighted by atomic mass is 10.0. The summed E-state index contributed by atoms with van der Waals surface area (Å²) in [5, 5.41) is 8.72. The first-order valence-corrected chi connectivity index (χ1v) is 5.53. The van der Waals surface area contributed by atoms with E-state index >= 15 is 0 Å². The van der Waals surface area contributed by atoms with E-state index in [1.165, 1.54) is 0 Å². The van der Waals surface area contributed by atoms with Gasteiger partial charge in [-0.1, -0.05) is 0 Å². The monoisotopic (exact) mass is 227 g/mol. The molecule has 0 aliphatic carbocycles. The number of hydrogen-bond acceptors (Lipinski definition) is 3. The van der Waals surface area contributed by atoms with Gasteiger partial charge in [0.15, 0.2) is 0 Å². The summed E-state index contributed by atoms with van der Waals surface area (Å²) in [6, 6.07) is -0.00870. The Hall–Kier alpha value is -1.30. The highest BCUT2D eigenvalue weighted by molar-refractivity contribution is 5.79. The van der Waals surface area contributed by atoms with E-state index in [0.29, 0.717) is 13.1 Å². The Kier molecular flexibility index (Phi) is 3.00. The molecule has 2 fully saturated rings. The van der Waals surface area contributed by atoms with E-state index < -0.39 is 5.97 Å². The van der Waals surface area contributed by atoms with Gasteiger partial charge in [-0.3, -0.25) is 4.79 Å². The van der Waals surface area contributed by atoms with Gasteiger partial charge in [-0.25, -0.2) is 4.79 Å². The second kappa shape index (κ2) is 4.29. The number of rotatable bonds is 1. The maximum Gasteiger partial charge on any atom is 0.320 e. The van der Waals surface area contributed by atoms with Crippen LogP contribution in [-0.4, -0.2) is 78.1 Å². The topological polar surface area (TPSA) is 64.1 Å². The number of likely N-dealkylation sites (N-methyl/N-ethyl adjacent to an activating group) is 1. The molecule has 0 aromatic heterocycles. The molecule has 2 saturated heterocycles. The van der Waals surface area contributed by atoms with E-state index in [0.717, 1.165) is 26.2 Å². The highest BCUT2D eigenvalue weighted by Gasteiger charge is 2.37. The number of urea groups is 1. The molecule has 2 rings (SSSR count). The molecule has 2 heterocycles. The van der Waals surface area contributed by atoms with Crippen molar-refractivity contribution in [3.05, 3.63) is 0 Å². The number of aliphatic carboxylic acids is 1. The van der Waals surface area contributed by atoms with Crippen LogP contribution in [-0.2, 0) is 4.79 Å². The van der Waals surface area contributed by atoms with Gasteiger partial charge in [0, 0.05) is 39.3 Å². The normalized spacial score (nSPS) is 23.1. The average molecular weight is 227 g/mol. The van der Waals surface area contributed by atoms with Crippen molar-refractivity contribution < 1.29 is 14.7 Å². The summed E-state index contributed by atoms with van der Waals surface area (Å²) in [6.45, 7) is 3.98. The zero-order valence-electron chi connectivity index (χ0n) is 9.43. The average Bonchev–Trinajstić information content (AvgIpc) is 2.15. The summed E-state index contributed by atoms with van der Waals surface area (Å²) < 4.78 is 0. The summed E-state index contributed by atoms with van der Waals surface area (Å²) in [5.74, 6) is -1.17. The fourth-order valence-electron chi connectivity index (χ4n) is 1.99. The van der Waals surface area contributed by atoms with Crippen LogP contribution in [0.5, 0.6) is 0 Å². The van der Waals surface area contributed by atoms with Crippen molar-refractivity contribution >= 4 is 12.0 Å². The molecule has 90 valence electrons. The van der Waals surface area contributed by atoms with Gasteiger partial charge < -0.3 is 19.8 Å². The molecule has 6 nitrogen and oxygen atoms in total. The van der Waals surface area contributed by atoms with Crippen LogP contribution in [0.4, 0.5) is 4.79 Å². The number of carbonyl (C=O) groups is 2. The van der Waals surface area contributed by atoms with Crippen LogP contribution in [0.3, 0.4) is 0 Å². The van der Waals surface area contributed by atoms with E-state index in [1.807, 2.05) is 7.05 Å². The summed E-state index contributed by atoms with van der Waals surface area (Å²) >= 11 is 0. The van der Waals surface area contributed by atoms with E-state index in [9.17, 15) is 9.59 Å². The lowest BCUT2D eigenvalue weighted by molar-refractivity contribution is -0.146. The molecule has 16 heavy (non-hydrogen) atoms. The Labute approximate surface area is 94.4 Å². The molecule has 0 saturated carbocycles. The van der Waals surface area contributed by atoms with Gasteiger partial charge in [0.2, 0.25) is 0 Å². The van der Waals surface area contributed by atoms with Crippen molar-refractivity contribution in [1.29, 1.82) is 0 Å². The van der Waals surface area contributed by atoms with Crippen LogP contribution in [0.25, 0.3) is 0 Å². The summed E-state index contributed by atoms with van der Waals surface area (Å²) in [7, 11) is 2.03. The number of piperazine rings is 1. The van der Waals surface area contributed by atoms with Crippen LogP contribution in [0, 0.1) is 5.92 Å². The van der Waals surface area contributed by atoms with Crippen LogP contribution in [0.1, 0.15) is 0 Å². The molecule has 0 unspecified atom stereocenters. The number of likely N-dealkylation sites (tertiary alicyclic amines) is 1. The fourth-order valence-corrected chi connectivity index (χ4v) is 1.99. The van der Waals surface area contributed by atoms with E-state index in [1.54, 1.807) is 9.80 Å². The quantitative estimate of drug-likeness (QED) is 0.648. The molecule has 0 aromatic carbocycles. The minimum absolute atomic E-state index is 0.00870. The zero-order valence-corrected chi connectivity index (χ0v) is 9.43. The molecule has 2 aliphatic rings. The lowest BCUT2D eigenvalue weighted by Crippen LogP contribution is -2.59. The Bertz CT molecular complexity index is 294. The zero-order chi connectivity index (χ0) is 11.7. The molecule has 0 spiro atoms. The van der Waals surface area contributed by atoms with Crippen LogP contribution >= 0.6 is 0 Å². The van der Waals surface area contributed by atoms with Crippen molar-refractivity contribution in [2.24, 2.45) is 5.92 Å². The third-order valence-corrected chi connectivity index (χ3v) is 3.28. The summed E-state index contributed by atoms with van der Waals surface area (Å²) in [6.07, 6.45) is 0. The standard InChI is InChI=1S/C10H17N3O3/c1-11-2-4-12(5-3-11)10(16)13-6-8(7-13)9(14)15/h8H,2-7H2,1H3,(H,14,15). The van der Waals surface area contributed by atoms with E-state index in [-0.39, 0.29) is 11.9 Å². The van der Waals surface area contributed by atoms with Gasteiger partial charge in [0.25, 0.3) is 0 Å². The first kappa shape index (κ1) is 11.2. The predicted molar refractivity (Wildman–Crippen MR) is 57.2 cm³/mol. The van der Waals surface area contributed by atoms with Crippen LogP contribution in [0.2, 0.25) is 0 Å². The number of carbonyl (C=O) groups excluding carboxylic acids is 1. The van der Waals surface area contributed by atoms with Crippen molar-refractivity contribution in [3.8, 4) is 0 Å². The fraction of sp³-hybridized carbons (Fsp3) is 0.800. The first-order valence-electron chi connectivity index (χ1n) is 5.53. The van der Waals surface area contributed by atoms with Crippen LogP contribution in [0.15, 0.2) is 0 Å². The Balaban J connectivity index is 1.79. The second-order valence-corrected chi connectivity index (χ2v) is 4.51. The Morgan fingerprint density at radius 3 is 2.12 bits per heavy atom. The summed E-state index contributed by atoms with van der Waals surface area (Å²) in [4.78, 5) is 28.1. The Morgan fingerprint density at radius 1 is 1.06 bits per heavy atom. The first-order chi connectivity index (χ1) is 7.58. The maximum atomic E-state index is 11.9. The van der Waals surface area contributed by atoms with Gasteiger partial charge in [-0.2, -0.15) is 0 Å². The molecule has 0 aromatic rings. The largest absolute Gasteiger partial charge is 0.481 e. The molecule has 2 aliphatic heterocycles. The smallest absolute Gasteiger partial charge is 0.320 e. The highest BCUT2D eigenvalue weighted by atomic mass is 16.4. The molecular weight excluding hydrogens is 210 g/mol. The van der Waals surface area contributed by atoms with Gasteiger partial charge in [-0.15, -0.1) is 0 Å². The molecule has 0 atom stereocenters. The van der Waals surface area contributed by atoms with Gasteiger partial charge in [0.1, 0.15) is 0 Å². The summed E-state index contributed by atoms with van der Waals surface area (Å²) in [5.41, 5.74) is 0. The molecule has 6 heteroatoms. The minimum Gasteiger partial charge on any atom is -0.481 e. The van der Waals surface area contributed by atoms with Gasteiger partial charge >= 0.3 is 12.0 Å². The predicted octanol–water partition coefficient (Wildman–Crippen LogP) is -0.630. The van der Waals surface area contributed by atoms with E-state index in [4.69, 9.17) is 5.11 Å². The number of nitrogens with zero attached hydrogens (tertiary/aromatic N) is 3. The lowest BCUT2D eigenvalue weighted by Gasteiger charge is -2.42. The number of hydrogen-bond donors (Lipinski definition) is 1. The molecule has 0 bridgehead atoms. The SMILES string of the molecule is CN1CCN(C(=O)N2CC(C(=O)O)C2)CC1.